The Morgan fingerprint density at radius 1 is 1.73 bits per heavy atom. The van der Waals surface area contributed by atoms with Crippen LogP contribution in [0.2, 0.25) is 0 Å². The van der Waals surface area contributed by atoms with E-state index in [4.69, 9.17) is 5.73 Å². The third-order valence-electron chi connectivity index (χ3n) is 2.54. The van der Waals surface area contributed by atoms with Crippen LogP contribution in [-0.2, 0) is 6.54 Å². The van der Waals surface area contributed by atoms with Crippen molar-refractivity contribution in [3.63, 3.8) is 0 Å². The molecule has 1 aromatic rings. The van der Waals surface area contributed by atoms with E-state index in [0.29, 0.717) is 5.82 Å². The molecule has 2 rings (SSSR count). The van der Waals surface area contributed by atoms with Crippen molar-refractivity contribution in [2.75, 3.05) is 5.32 Å². The molecule has 2 atom stereocenters. The highest BCUT2D eigenvalue weighted by molar-refractivity contribution is 5.35. The number of rotatable bonds is 4. The van der Waals surface area contributed by atoms with Gasteiger partial charge in [0.1, 0.15) is 0 Å². The third kappa shape index (κ3) is 2.18. The lowest BCUT2D eigenvalue weighted by molar-refractivity contribution is 0.649. The fourth-order valence-electron chi connectivity index (χ4n) is 1.52. The van der Waals surface area contributed by atoms with E-state index >= 15 is 0 Å². The fourth-order valence-corrected chi connectivity index (χ4v) is 1.52. The maximum atomic E-state index is 11.8. The van der Waals surface area contributed by atoms with Gasteiger partial charge in [0.25, 0.3) is 5.56 Å². The quantitative estimate of drug-likeness (QED) is 0.739. The maximum absolute atomic E-state index is 11.8. The van der Waals surface area contributed by atoms with Gasteiger partial charge in [-0.05, 0) is 12.8 Å². The predicted molar refractivity (Wildman–Crippen MR) is 58.8 cm³/mol. The van der Waals surface area contributed by atoms with Gasteiger partial charge in [-0.1, -0.05) is 6.92 Å². The number of nitrogens with two attached hydrogens (primary N) is 1. The molecule has 1 heterocycles. The van der Waals surface area contributed by atoms with E-state index < -0.39 is 0 Å². The molecule has 0 aromatic carbocycles. The van der Waals surface area contributed by atoms with Gasteiger partial charge in [-0.15, -0.1) is 0 Å². The molecule has 1 aliphatic rings. The van der Waals surface area contributed by atoms with Crippen molar-refractivity contribution >= 4 is 5.82 Å². The standard InChI is InChI=1S/C10H16N4O/c1-2-4-14-5-3-12-9(10(14)15)13-8-6-7(8)11/h3,5,7-8H,2,4,6,11H2,1H3,(H,12,13). The first-order chi connectivity index (χ1) is 7.22. The summed E-state index contributed by atoms with van der Waals surface area (Å²) in [7, 11) is 0. The summed E-state index contributed by atoms with van der Waals surface area (Å²) in [5.41, 5.74) is 5.61. The molecule has 2 unspecified atom stereocenters. The molecule has 0 aliphatic heterocycles. The van der Waals surface area contributed by atoms with Crippen LogP contribution in [0.4, 0.5) is 5.82 Å². The van der Waals surface area contributed by atoms with Gasteiger partial charge in [-0.25, -0.2) is 4.98 Å². The first-order valence-corrected chi connectivity index (χ1v) is 5.30. The van der Waals surface area contributed by atoms with Crippen molar-refractivity contribution in [1.82, 2.24) is 9.55 Å². The highest BCUT2D eigenvalue weighted by Crippen LogP contribution is 2.21. The maximum Gasteiger partial charge on any atom is 0.293 e. The van der Waals surface area contributed by atoms with E-state index in [-0.39, 0.29) is 17.6 Å². The van der Waals surface area contributed by atoms with Crippen molar-refractivity contribution in [1.29, 1.82) is 0 Å². The van der Waals surface area contributed by atoms with Crippen LogP contribution in [0.15, 0.2) is 17.2 Å². The Morgan fingerprint density at radius 2 is 2.47 bits per heavy atom. The zero-order chi connectivity index (χ0) is 10.8. The van der Waals surface area contributed by atoms with Crippen molar-refractivity contribution in [3.05, 3.63) is 22.7 Å². The van der Waals surface area contributed by atoms with Crippen molar-refractivity contribution in [2.24, 2.45) is 5.73 Å². The number of hydrogen-bond donors (Lipinski definition) is 2. The van der Waals surface area contributed by atoms with Crippen LogP contribution in [0.5, 0.6) is 0 Å². The number of nitrogens with zero attached hydrogens (tertiary/aromatic N) is 2. The summed E-state index contributed by atoms with van der Waals surface area (Å²) in [4.78, 5) is 15.9. The van der Waals surface area contributed by atoms with E-state index in [1.807, 2.05) is 6.92 Å². The van der Waals surface area contributed by atoms with E-state index in [1.54, 1.807) is 17.0 Å². The average Bonchev–Trinajstić information content (AvgIpc) is 2.89. The fraction of sp³-hybridized carbons (Fsp3) is 0.600. The first-order valence-electron chi connectivity index (χ1n) is 5.30. The van der Waals surface area contributed by atoms with E-state index in [0.717, 1.165) is 19.4 Å². The molecule has 3 N–H and O–H groups in total. The molecule has 0 amide bonds. The summed E-state index contributed by atoms with van der Waals surface area (Å²) in [5.74, 6) is 0.420. The van der Waals surface area contributed by atoms with Crippen LogP contribution in [0.1, 0.15) is 19.8 Å². The minimum Gasteiger partial charge on any atom is -0.361 e. The number of aryl methyl sites for hydroxylation is 1. The summed E-state index contributed by atoms with van der Waals surface area (Å²) in [6.45, 7) is 2.77. The van der Waals surface area contributed by atoms with Gasteiger partial charge in [-0.2, -0.15) is 0 Å². The van der Waals surface area contributed by atoms with Gasteiger partial charge < -0.3 is 15.6 Å². The summed E-state index contributed by atoms with van der Waals surface area (Å²) >= 11 is 0. The monoisotopic (exact) mass is 208 g/mol. The second-order valence-electron chi connectivity index (χ2n) is 3.92. The lowest BCUT2D eigenvalue weighted by Crippen LogP contribution is -2.26. The number of aromatic nitrogens is 2. The van der Waals surface area contributed by atoms with Crippen LogP contribution >= 0.6 is 0 Å². The van der Waals surface area contributed by atoms with Gasteiger partial charge in [0.05, 0.1) is 0 Å². The van der Waals surface area contributed by atoms with Gasteiger partial charge in [0, 0.05) is 31.0 Å². The summed E-state index contributed by atoms with van der Waals surface area (Å²) in [6, 6.07) is 0.397. The molecule has 0 saturated heterocycles. The third-order valence-corrected chi connectivity index (χ3v) is 2.54. The molecule has 5 heteroatoms. The highest BCUT2D eigenvalue weighted by Gasteiger charge is 2.34. The van der Waals surface area contributed by atoms with Crippen molar-refractivity contribution in [3.8, 4) is 0 Å². The molecule has 1 fully saturated rings. The van der Waals surface area contributed by atoms with Gasteiger partial charge in [0.2, 0.25) is 0 Å². The van der Waals surface area contributed by atoms with Gasteiger partial charge in [-0.3, -0.25) is 4.79 Å². The average molecular weight is 208 g/mol. The summed E-state index contributed by atoms with van der Waals surface area (Å²) in [6.07, 6.45) is 5.22. The molecule has 0 spiro atoms. The molecular formula is C10H16N4O. The Hall–Kier alpha value is -1.36. The molecule has 82 valence electrons. The topological polar surface area (TPSA) is 72.9 Å². The highest BCUT2D eigenvalue weighted by atomic mass is 16.1. The summed E-state index contributed by atoms with van der Waals surface area (Å²) < 4.78 is 1.67. The van der Waals surface area contributed by atoms with E-state index in [2.05, 4.69) is 10.3 Å². The molecule has 1 saturated carbocycles. The molecule has 1 aromatic heterocycles. The number of anilines is 1. The Kier molecular flexibility index (Phi) is 2.73. The molecule has 0 bridgehead atoms. The first kappa shape index (κ1) is 10.2. The Bertz CT molecular complexity index is 401. The van der Waals surface area contributed by atoms with Crippen LogP contribution in [0, 0.1) is 0 Å². The van der Waals surface area contributed by atoms with E-state index in [1.165, 1.54) is 0 Å². The largest absolute Gasteiger partial charge is 0.361 e. The zero-order valence-electron chi connectivity index (χ0n) is 8.81. The van der Waals surface area contributed by atoms with Crippen LogP contribution < -0.4 is 16.6 Å². The minimum atomic E-state index is -0.0570. The molecule has 0 radical (unpaired) electrons. The van der Waals surface area contributed by atoms with Crippen molar-refractivity contribution in [2.45, 2.75) is 38.4 Å². The van der Waals surface area contributed by atoms with Gasteiger partial charge in [0.15, 0.2) is 5.82 Å². The SMILES string of the molecule is CCCn1ccnc(NC2CC2N)c1=O. The molecular weight excluding hydrogens is 192 g/mol. The second-order valence-corrected chi connectivity index (χ2v) is 3.92. The van der Waals surface area contributed by atoms with E-state index in [9.17, 15) is 4.79 Å². The minimum absolute atomic E-state index is 0.0570. The number of nitrogens with one attached hydrogen (secondary N) is 1. The second kappa shape index (κ2) is 4.02. The smallest absolute Gasteiger partial charge is 0.293 e. The number of hydrogen-bond acceptors (Lipinski definition) is 4. The van der Waals surface area contributed by atoms with Crippen LogP contribution in [0.3, 0.4) is 0 Å². The Labute approximate surface area is 88.3 Å². The Balaban J connectivity index is 2.16. The molecule has 5 nitrogen and oxygen atoms in total. The lowest BCUT2D eigenvalue weighted by atomic mass is 10.4. The lowest BCUT2D eigenvalue weighted by Gasteiger charge is -2.07. The zero-order valence-corrected chi connectivity index (χ0v) is 8.81. The van der Waals surface area contributed by atoms with Crippen LogP contribution in [-0.4, -0.2) is 21.6 Å². The summed E-state index contributed by atoms with van der Waals surface area (Å²) in [5, 5.41) is 3.06. The van der Waals surface area contributed by atoms with Gasteiger partial charge >= 0.3 is 0 Å². The predicted octanol–water partition coefficient (Wildman–Crippen LogP) is 0.165. The Morgan fingerprint density at radius 3 is 3.07 bits per heavy atom. The normalized spacial score (nSPS) is 23.9. The van der Waals surface area contributed by atoms with Crippen LogP contribution in [0.25, 0.3) is 0 Å². The molecule has 15 heavy (non-hydrogen) atoms. The molecule has 1 aliphatic carbocycles. The van der Waals surface area contributed by atoms with Crippen molar-refractivity contribution < 1.29 is 0 Å².